The standard InChI is InChI=1S/C16H19F4NO3/c1-14(23,11-4-3-5-12(8-11)16(18,19)20)9-21-7-6-15(17,10-21)13(22)24-2/h3-5,8,23H,6-7,9-10H2,1-2H3. The minimum absolute atomic E-state index is 0.0757. The second-order valence-corrected chi connectivity index (χ2v) is 6.27. The fourth-order valence-electron chi connectivity index (χ4n) is 2.89. The van der Waals surface area contributed by atoms with Crippen molar-refractivity contribution < 1.29 is 32.2 Å². The molecule has 2 atom stereocenters. The highest BCUT2D eigenvalue weighted by atomic mass is 19.4. The number of benzene rings is 1. The van der Waals surface area contributed by atoms with E-state index in [1.807, 2.05) is 0 Å². The Morgan fingerprint density at radius 1 is 1.38 bits per heavy atom. The van der Waals surface area contributed by atoms with Crippen LogP contribution in [0.3, 0.4) is 0 Å². The molecule has 1 heterocycles. The van der Waals surface area contributed by atoms with Crippen LogP contribution in [0.1, 0.15) is 24.5 Å². The van der Waals surface area contributed by atoms with Crippen LogP contribution in [0.4, 0.5) is 17.6 Å². The van der Waals surface area contributed by atoms with Crippen molar-refractivity contribution in [3.8, 4) is 0 Å². The molecule has 1 N–H and O–H groups in total. The van der Waals surface area contributed by atoms with E-state index in [1.54, 1.807) is 0 Å². The number of hydrogen-bond acceptors (Lipinski definition) is 4. The fourth-order valence-corrected chi connectivity index (χ4v) is 2.89. The number of methoxy groups -OCH3 is 1. The predicted octanol–water partition coefficient (Wildman–Crippen LogP) is 2.50. The van der Waals surface area contributed by atoms with Gasteiger partial charge in [0.2, 0.25) is 5.67 Å². The van der Waals surface area contributed by atoms with Gasteiger partial charge in [0.25, 0.3) is 0 Å². The Balaban J connectivity index is 2.14. The first-order chi connectivity index (χ1) is 11.0. The van der Waals surface area contributed by atoms with Crippen molar-refractivity contribution in [2.75, 3.05) is 26.7 Å². The van der Waals surface area contributed by atoms with Gasteiger partial charge in [-0.2, -0.15) is 13.2 Å². The van der Waals surface area contributed by atoms with Crippen LogP contribution in [-0.2, 0) is 21.3 Å². The summed E-state index contributed by atoms with van der Waals surface area (Å²) in [5.74, 6) is -0.983. The number of hydrogen-bond donors (Lipinski definition) is 1. The third kappa shape index (κ3) is 3.87. The number of rotatable bonds is 4. The van der Waals surface area contributed by atoms with Crippen molar-refractivity contribution in [1.29, 1.82) is 0 Å². The van der Waals surface area contributed by atoms with Gasteiger partial charge in [0.15, 0.2) is 0 Å². The number of aliphatic hydroxyl groups is 1. The van der Waals surface area contributed by atoms with E-state index in [2.05, 4.69) is 4.74 Å². The zero-order chi connectivity index (χ0) is 18.2. The molecule has 1 fully saturated rings. The molecule has 0 bridgehead atoms. The zero-order valence-corrected chi connectivity index (χ0v) is 13.4. The van der Waals surface area contributed by atoms with Gasteiger partial charge in [-0.05, 0) is 24.6 Å². The third-order valence-electron chi connectivity index (χ3n) is 4.19. The second-order valence-electron chi connectivity index (χ2n) is 6.27. The number of carbonyl (C=O) groups is 1. The monoisotopic (exact) mass is 349 g/mol. The van der Waals surface area contributed by atoms with Crippen molar-refractivity contribution >= 4 is 5.97 Å². The Labute approximate surface area is 137 Å². The lowest BCUT2D eigenvalue weighted by atomic mass is 9.93. The molecule has 1 aromatic carbocycles. The summed E-state index contributed by atoms with van der Waals surface area (Å²) < 4.78 is 57.2. The van der Waals surface area contributed by atoms with Crippen LogP contribution in [-0.4, -0.2) is 48.4 Å². The number of nitrogens with zero attached hydrogens (tertiary/aromatic N) is 1. The van der Waals surface area contributed by atoms with E-state index in [1.165, 1.54) is 24.0 Å². The molecule has 1 saturated heterocycles. The first-order valence-electron chi connectivity index (χ1n) is 7.38. The van der Waals surface area contributed by atoms with Gasteiger partial charge in [0.1, 0.15) is 0 Å². The van der Waals surface area contributed by atoms with Gasteiger partial charge >= 0.3 is 12.1 Å². The van der Waals surface area contributed by atoms with Gasteiger partial charge in [-0.3, -0.25) is 4.90 Å². The van der Waals surface area contributed by atoms with E-state index in [9.17, 15) is 27.5 Å². The predicted molar refractivity (Wildman–Crippen MR) is 77.9 cm³/mol. The van der Waals surface area contributed by atoms with Crippen LogP contribution in [0.2, 0.25) is 0 Å². The molecule has 0 aromatic heterocycles. The molecule has 1 aliphatic heterocycles. The number of ether oxygens (including phenoxy) is 1. The average Bonchev–Trinajstić information content (AvgIpc) is 2.87. The first-order valence-corrected chi connectivity index (χ1v) is 7.38. The molecule has 0 radical (unpaired) electrons. The summed E-state index contributed by atoms with van der Waals surface area (Å²) in [6, 6.07) is 4.39. The molecule has 1 aromatic rings. The summed E-state index contributed by atoms with van der Waals surface area (Å²) in [6.45, 7) is 1.19. The van der Waals surface area contributed by atoms with Crippen LogP contribution >= 0.6 is 0 Å². The van der Waals surface area contributed by atoms with E-state index in [-0.39, 0.29) is 31.6 Å². The normalized spacial score (nSPS) is 24.6. The Hall–Kier alpha value is -1.67. The van der Waals surface area contributed by atoms with Crippen molar-refractivity contribution in [2.45, 2.75) is 30.8 Å². The lowest BCUT2D eigenvalue weighted by molar-refractivity contribution is -0.154. The summed E-state index contributed by atoms with van der Waals surface area (Å²) in [4.78, 5) is 13.0. The largest absolute Gasteiger partial charge is 0.467 e. The van der Waals surface area contributed by atoms with Gasteiger partial charge in [-0.25, -0.2) is 9.18 Å². The molecular formula is C16H19F4NO3. The summed E-state index contributed by atoms with van der Waals surface area (Å²) >= 11 is 0. The minimum atomic E-state index is -4.52. The molecule has 4 nitrogen and oxygen atoms in total. The lowest BCUT2D eigenvalue weighted by Gasteiger charge is -2.30. The van der Waals surface area contributed by atoms with E-state index in [0.717, 1.165) is 19.2 Å². The summed E-state index contributed by atoms with van der Waals surface area (Å²) in [5, 5.41) is 10.6. The molecule has 0 amide bonds. The molecule has 2 rings (SSSR count). The molecule has 0 spiro atoms. The molecule has 8 heteroatoms. The van der Waals surface area contributed by atoms with Crippen molar-refractivity contribution in [2.24, 2.45) is 0 Å². The maximum Gasteiger partial charge on any atom is 0.416 e. The van der Waals surface area contributed by atoms with E-state index < -0.39 is 29.0 Å². The number of alkyl halides is 4. The van der Waals surface area contributed by atoms with E-state index in [0.29, 0.717) is 0 Å². The zero-order valence-electron chi connectivity index (χ0n) is 13.4. The van der Waals surface area contributed by atoms with Crippen molar-refractivity contribution in [3.05, 3.63) is 35.4 Å². The van der Waals surface area contributed by atoms with Gasteiger partial charge in [-0.1, -0.05) is 12.1 Å². The Morgan fingerprint density at radius 3 is 2.58 bits per heavy atom. The van der Waals surface area contributed by atoms with Gasteiger partial charge in [0, 0.05) is 26.1 Å². The lowest BCUT2D eigenvalue weighted by Crippen LogP contribution is -2.42. The first kappa shape index (κ1) is 18.7. The molecule has 2 unspecified atom stereocenters. The Morgan fingerprint density at radius 2 is 2.00 bits per heavy atom. The number of esters is 1. The Kier molecular flexibility index (Phi) is 4.92. The third-order valence-corrected chi connectivity index (χ3v) is 4.19. The molecular weight excluding hydrogens is 330 g/mol. The van der Waals surface area contributed by atoms with E-state index in [4.69, 9.17) is 0 Å². The van der Waals surface area contributed by atoms with Crippen molar-refractivity contribution in [3.63, 3.8) is 0 Å². The SMILES string of the molecule is COC(=O)C1(F)CCN(CC(C)(O)c2cccc(C(F)(F)F)c2)C1. The highest BCUT2D eigenvalue weighted by Gasteiger charge is 2.47. The number of likely N-dealkylation sites (tertiary alicyclic amines) is 1. The molecule has 0 saturated carbocycles. The van der Waals surface area contributed by atoms with Crippen LogP contribution in [0.5, 0.6) is 0 Å². The highest BCUT2D eigenvalue weighted by molar-refractivity contribution is 5.80. The smallest absolute Gasteiger partial charge is 0.416 e. The van der Waals surface area contributed by atoms with Gasteiger partial charge in [-0.15, -0.1) is 0 Å². The highest BCUT2D eigenvalue weighted by Crippen LogP contribution is 2.34. The van der Waals surface area contributed by atoms with Crippen LogP contribution < -0.4 is 0 Å². The minimum Gasteiger partial charge on any atom is -0.467 e. The molecule has 24 heavy (non-hydrogen) atoms. The van der Waals surface area contributed by atoms with Gasteiger partial charge < -0.3 is 9.84 Å². The number of carbonyl (C=O) groups excluding carboxylic acids is 1. The fraction of sp³-hybridized carbons (Fsp3) is 0.562. The van der Waals surface area contributed by atoms with Gasteiger partial charge in [0.05, 0.1) is 18.3 Å². The van der Waals surface area contributed by atoms with Crippen LogP contribution in [0.15, 0.2) is 24.3 Å². The second kappa shape index (κ2) is 6.33. The molecule has 134 valence electrons. The van der Waals surface area contributed by atoms with Crippen LogP contribution in [0, 0.1) is 0 Å². The maximum absolute atomic E-state index is 14.4. The maximum atomic E-state index is 14.4. The topological polar surface area (TPSA) is 49.8 Å². The summed E-state index contributed by atoms with van der Waals surface area (Å²) in [6.07, 6.45) is -4.60. The number of β-amino-alcohol motifs (C(OH)–C–C–N with tert-alkyl or cyclic N) is 1. The molecule has 0 aliphatic carbocycles. The van der Waals surface area contributed by atoms with E-state index >= 15 is 0 Å². The van der Waals surface area contributed by atoms with Crippen molar-refractivity contribution in [1.82, 2.24) is 4.90 Å². The van der Waals surface area contributed by atoms with Crippen LogP contribution in [0.25, 0.3) is 0 Å². The number of halogens is 4. The summed E-state index contributed by atoms with van der Waals surface area (Å²) in [5.41, 5.74) is -4.57. The average molecular weight is 349 g/mol. The molecule has 1 aliphatic rings. The quantitative estimate of drug-likeness (QED) is 0.670. The summed E-state index contributed by atoms with van der Waals surface area (Å²) in [7, 11) is 1.09. The Bertz CT molecular complexity index is 618.